The van der Waals surface area contributed by atoms with E-state index in [0.717, 1.165) is 0 Å². The highest BCUT2D eigenvalue weighted by atomic mass is 35.5. The number of aromatic nitrogens is 2. The fraction of sp³-hybridized carbons (Fsp3) is 0.0769. The van der Waals surface area contributed by atoms with E-state index in [2.05, 4.69) is 15.3 Å². The summed E-state index contributed by atoms with van der Waals surface area (Å²) in [5, 5.41) is 11.6. The van der Waals surface area contributed by atoms with Crippen LogP contribution >= 0.6 is 11.6 Å². The van der Waals surface area contributed by atoms with Crippen LogP contribution in [0.15, 0.2) is 36.5 Å². The average Bonchev–Trinajstić information content (AvgIpc) is 2.45. The molecule has 2 N–H and O–H groups in total. The molecule has 1 amide bonds. The first kappa shape index (κ1) is 14.0. The van der Waals surface area contributed by atoms with Crippen LogP contribution in [0.5, 0.6) is 0 Å². The molecular formula is C13H10ClN3O3. The maximum atomic E-state index is 11.8. The molecule has 0 aliphatic heterocycles. The van der Waals surface area contributed by atoms with Crippen LogP contribution < -0.4 is 5.32 Å². The first-order chi connectivity index (χ1) is 9.56. The van der Waals surface area contributed by atoms with E-state index in [-0.39, 0.29) is 29.0 Å². The van der Waals surface area contributed by atoms with Crippen LogP contribution in [0, 0.1) is 0 Å². The lowest BCUT2D eigenvalue weighted by Gasteiger charge is -2.05. The summed E-state index contributed by atoms with van der Waals surface area (Å²) in [6, 6.07) is 7.72. The van der Waals surface area contributed by atoms with Crippen LogP contribution in [-0.4, -0.2) is 27.0 Å². The second kappa shape index (κ2) is 6.12. The number of hydrogen-bond donors (Lipinski definition) is 2. The van der Waals surface area contributed by atoms with Crippen LogP contribution in [0.2, 0.25) is 5.15 Å². The smallest absolute Gasteiger partial charge is 0.354 e. The Morgan fingerprint density at radius 2 is 2.00 bits per heavy atom. The Bertz CT molecular complexity index is 644. The third-order valence-electron chi connectivity index (χ3n) is 2.44. The van der Waals surface area contributed by atoms with E-state index >= 15 is 0 Å². The summed E-state index contributed by atoms with van der Waals surface area (Å²) in [5.41, 5.74) is 0.856. The van der Waals surface area contributed by atoms with Crippen molar-refractivity contribution in [2.45, 2.75) is 6.54 Å². The van der Waals surface area contributed by atoms with Gasteiger partial charge in [0.2, 0.25) is 0 Å². The Hall–Kier alpha value is -2.47. The van der Waals surface area contributed by atoms with E-state index in [4.69, 9.17) is 16.7 Å². The molecule has 2 aromatic rings. The molecule has 0 saturated heterocycles. The van der Waals surface area contributed by atoms with Crippen molar-refractivity contribution in [2.75, 3.05) is 0 Å². The molecule has 0 atom stereocenters. The number of nitrogens with one attached hydrogen (secondary N) is 1. The van der Waals surface area contributed by atoms with Crippen LogP contribution in [0.4, 0.5) is 0 Å². The van der Waals surface area contributed by atoms with Gasteiger partial charge in [-0.3, -0.25) is 4.79 Å². The number of pyridine rings is 2. The number of amides is 1. The predicted molar refractivity (Wildman–Crippen MR) is 71.6 cm³/mol. The number of carbonyl (C=O) groups is 2. The van der Waals surface area contributed by atoms with Crippen molar-refractivity contribution in [1.82, 2.24) is 15.3 Å². The van der Waals surface area contributed by atoms with Gasteiger partial charge in [0, 0.05) is 12.7 Å². The van der Waals surface area contributed by atoms with Gasteiger partial charge < -0.3 is 10.4 Å². The normalized spacial score (nSPS) is 10.1. The number of rotatable bonds is 4. The Morgan fingerprint density at radius 3 is 2.60 bits per heavy atom. The quantitative estimate of drug-likeness (QED) is 0.837. The lowest BCUT2D eigenvalue weighted by atomic mass is 10.2. The van der Waals surface area contributed by atoms with Gasteiger partial charge in [0.25, 0.3) is 5.91 Å². The number of nitrogens with zero attached hydrogens (tertiary/aromatic N) is 2. The molecule has 20 heavy (non-hydrogen) atoms. The fourth-order valence-electron chi connectivity index (χ4n) is 1.46. The number of aromatic carboxylic acids is 1. The minimum atomic E-state index is -1.09. The molecule has 0 saturated carbocycles. The van der Waals surface area contributed by atoms with Crippen molar-refractivity contribution in [3.63, 3.8) is 0 Å². The van der Waals surface area contributed by atoms with Gasteiger partial charge in [0.15, 0.2) is 0 Å². The average molecular weight is 292 g/mol. The van der Waals surface area contributed by atoms with E-state index in [1.54, 1.807) is 24.3 Å². The molecule has 0 spiro atoms. The number of carboxylic acid groups (broad SMARTS) is 1. The van der Waals surface area contributed by atoms with Crippen molar-refractivity contribution in [1.29, 1.82) is 0 Å². The van der Waals surface area contributed by atoms with Gasteiger partial charge in [0.05, 0.1) is 0 Å². The van der Waals surface area contributed by atoms with Gasteiger partial charge >= 0.3 is 5.97 Å². The molecular weight excluding hydrogens is 282 g/mol. The standard InChI is InChI=1S/C13H10ClN3O3/c14-11-3-1-2-9(17-11)12(18)16-7-8-4-5-10(13(19)20)15-6-8/h1-6H,7H2,(H,16,18)(H,19,20). The zero-order valence-corrected chi connectivity index (χ0v) is 11.0. The summed E-state index contributed by atoms with van der Waals surface area (Å²) in [6.07, 6.45) is 1.40. The predicted octanol–water partition coefficient (Wildman–Crippen LogP) is 1.76. The molecule has 2 heterocycles. The van der Waals surface area contributed by atoms with Crippen molar-refractivity contribution < 1.29 is 14.7 Å². The third-order valence-corrected chi connectivity index (χ3v) is 2.66. The molecule has 0 unspecified atom stereocenters. The topological polar surface area (TPSA) is 92.2 Å². The van der Waals surface area contributed by atoms with Gasteiger partial charge in [-0.1, -0.05) is 23.7 Å². The molecule has 2 aromatic heterocycles. The third kappa shape index (κ3) is 3.52. The monoisotopic (exact) mass is 291 g/mol. The van der Waals surface area contributed by atoms with Crippen LogP contribution in [-0.2, 0) is 6.54 Å². The summed E-state index contributed by atoms with van der Waals surface area (Å²) < 4.78 is 0. The summed E-state index contributed by atoms with van der Waals surface area (Å²) >= 11 is 5.70. The maximum absolute atomic E-state index is 11.8. The highest BCUT2D eigenvalue weighted by molar-refractivity contribution is 6.29. The van der Waals surface area contributed by atoms with Gasteiger partial charge in [-0.2, -0.15) is 0 Å². The molecule has 0 radical (unpaired) electrons. The number of carbonyl (C=O) groups excluding carboxylic acids is 1. The molecule has 0 aliphatic carbocycles. The lowest BCUT2D eigenvalue weighted by Crippen LogP contribution is -2.23. The van der Waals surface area contributed by atoms with Gasteiger partial charge in [-0.15, -0.1) is 0 Å². The number of hydrogen-bond acceptors (Lipinski definition) is 4. The van der Waals surface area contributed by atoms with E-state index in [1.165, 1.54) is 12.3 Å². The second-order valence-electron chi connectivity index (χ2n) is 3.89. The minimum absolute atomic E-state index is 0.0448. The van der Waals surface area contributed by atoms with E-state index < -0.39 is 5.97 Å². The molecule has 0 aromatic carbocycles. The lowest BCUT2D eigenvalue weighted by molar-refractivity contribution is 0.0690. The van der Waals surface area contributed by atoms with Gasteiger partial charge in [-0.25, -0.2) is 14.8 Å². The molecule has 0 fully saturated rings. The van der Waals surface area contributed by atoms with Crippen molar-refractivity contribution in [3.05, 3.63) is 58.6 Å². The van der Waals surface area contributed by atoms with E-state index in [9.17, 15) is 9.59 Å². The zero-order chi connectivity index (χ0) is 14.5. The van der Waals surface area contributed by atoms with Gasteiger partial charge in [-0.05, 0) is 23.8 Å². The highest BCUT2D eigenvalue weighted by Crippen LogP contribution is 2.05. The molecule has 0 bridgehead atoms. The van der Waals surface area contributed by atoms with Crippen molar-refractivity contribution >= 4 is 23.5 Å². The Labute approximate surface area is 119 Å². The first-order valence-corrected chi connectivity index (χ1v) is 6.03. The summed E-state index contributed by atoms with van der Waals surface area (Å²) in [5.74, 6) is -1.46. The minimum Gasteiger partial charge on any atom is -0.477 e. The molecule has 102 valence electrons. The highest BCUT2D eigenvalue weighted by Gasteiger charge is 2.08. The molecule has 2 rings (SSSR count). The Morgan fingerprint density at radius 1 is 1.20 bits per heavy atom. The molecule has 0 aliphatic rings. The molecule has 6 nitrogen and oxygen atoms in total. The zero-order valence-electron chi connectivity index (χ0n) is 10.2. The van der Waals surface area contributed by atoms with Crippen LogP contribution in [0.3, 0.4) is 0 Å². The maximum Gasteiger partial charge on any atom is 0.354 e. The van der Waals surface area contributed by atoms with Crippen molar-refractivity contribution in [3.8, 4) is 0 Å². The van der Waals surface area contributed by atoms with Crippen LogP contribution in [0.25, 0.3) is 0 Å². The number of carboxylic acids is 1. The van der Waals surface area contributed by atoms with E-state index in [0.29, 0.717) is 5.56 Å². The molecule has 7 heteroatoms. The van der Waals surface area contributed by atoms with E-state index in [1.807, 2.05) is 0 Å². The SMILES string of the molecule is O=C(O)c1ccc(CNC(=O)c2cccc(Cl)n2)cn1. The summed E-state index contributed by atoms with van der Waals surface area (Å²) in [4.78, 5) is 30.1. The largest absolute Gasteiger partial charge is 0.477 e. The second-order valence-corrected chi connectivity index (χ2v) is 4.27. The van der Waals surface area contributed by atoms with Crippen LogP contribution in [0.1, 0.15) is 26.5 Å². The van der Waals surface area contributed by atoms with Crippen molar-refractivity contribution in [2.24, 2.45) is 0 Å². The first-order valence-electron chi connectivity index (χ1n) is 5.65. The van der Waals surface area contributed by atoms with Gasteiger partial charge in [0.1, 0.15) is 16.5 Å². The summed E-state index contributed by atoms with van der Waals surface area (Å²) in [6.45, 7) is 0.222. The summed E-state index contributed by atoms with van der Waals surface area (Å²) in [7, 11) is 0. The Kier molecular flexibility index (Phi) is 4.27. The fourth-order valence-corrected chi connectivity index (χ4v) is 1.63. The number of halogens is 1. The Balaban J connectivity index is 1.98.